The van der Waals surface area contributed by atoms with Crippen molar-refractivity contribution in [3.63, 3.8) is 0 Å². The Labute approximate surface area is 86.9 Å². The highest BCUT2D eigenvalue weighted by Crippen LogP contribution is 1.96. The highest BCUT2D eigenvalue weighted by Gasteiger charge is 2.01. The van der Waals surface area contributed by atoms with E-state index in [1.54, 1.807) is 30.3 Å². The molecule has 2 N–H and O–H groups in total. The number of hydrogen-bond donors (Lipinski definition) is 2. The van der Waals surface area contributed by atoms with Crippen LogP contribution in [-0.2, 0) is 4.79 Å². The van der Waals surface area contributed by atoms with Gasteiger partial charge < -0.3 is 10.4 Å². The minimum Gasteiger partial charge on any atom is -0.472 e. The lowest BCUT2D eigenvalue weighted by Crippen LogP contribution is -2.23. The van der Waals surface area contributed by atoms with Crippen LogP contribution in [0.4, 0.5) is 0 Å². The summed E-state index contributed by atoms with van der Waals surface area (Å²) >= 11 is 0. The molecule has 0 heterocycles. The average molecular weight is 203 g/mol. The van der Waals surface area contributed by atoms with E-state index in [9.17, 15) is 9.59 Å². The fraction of sp³-hybridized carbons (Fsp3) is 0.0909. The van der Waals surface area contributed by atoms with Gasteiger partial charge in [-0.2, -0.15) is 0 Å². The molecule has 0 saturated heterocycles. The molecule has 0 aliphatic heterocycles. The zero-order chi connectivity index (χ0) is 11.1. The maximum absolute atomic E-state index is 11.4. The third-order valence-corrected chi connectivity index (χ3v) is 1.57. The van der Waals surface area contributed by atoms with Gasteiger partial charge in [-0.1, -0.05) is 24.1 Å². The van der Waals surface area contributed by atoms with Crippen molar-refractivity contribution >= 4 is 11.9 Å². The van der Waals surface area contributed by atoms with E-state index in [1.165, 1.54) is 0 Å². The summed E-state index contributed by atoms with van der Waals surface area (Å²) in [4.78, 5) is 21.4. The van der Waals surface area contributed by atoms with Gasteiger partial charge in [0.2, 0.25) is 0 Å². The standard InChI is InChI=1S/C11H9NO3/c13-10(14)7-4-8-12-11(15)9-5-2-1-3-6-9/h1-3,5-6H,8H2,(H,12,15)(H,13,14). The Balaban J connectivity index is 2.45. The smallest absolute Gasteiger partial charge is 0.381 e. The molecule has 4 heteroatoms. The fourth-order valence-corrected chi connectivity index (χ4v) is 0.936. The molecule has 0 fully saturated rings. The first-order valence-electron chi connectivity index (χ1n) is 4.25. The third-order valence-electron chi connectivity index (χ3n) is 1.57. The highest BCUT2D eigenvalue weighted by molar-refractivity contribution is 5.94. The summed E-state index contributed by atoms with van der Waals surface area (Å²) in [5, 5.41) is 10.7. The summed E-state index contributed by atoms with van der Waals surface area (Å²) in [6.07, 6.45) is 0. The SMILES string of the molecule is O=C(O)C#CCNC(=O)c1ccccc1. The molecule has 0 bridgehead atoms. The lowest BCUT2D eigenvalue weighted by Gasteiger charge is -1.99. The third kappa shape index (κ3) is 3.96. The van der Waals surface area contributed by atoms with Gasteiger partial charge in [0.15, 0.2) is 0 Å². The van der Waals surface area contributed by atoms with Crippen molar-refractivity contribution in [2.75, 3.05) is 6.54 Å². The van der Waals surface area contributed by atoms with Crippen molar-refractivity contribution in [1.29, 1.82) is 0 Å². The first kappa shape index (κ1) is 10.8. The summed E-state index contributed by atoms with van der Waals surface area (Å²) in [6, 6.07) is 8.64. The first-order valence-corrected chi connectivity index (χ1v) is 4.25. The zero-order valence-electron chi connectivity index (χ0n) is 7.86. The van der Waals surface area contributed by atoms with E-state index in [-0.39, 0.29) is 12.5 Å². The van der Waals surface area contributed by atoms with Crippen LogP contribution in [0.25, 0.3) is 0 Å². The normalized spacial score (nSPS) is 8.53. The molecule has 0 aliphatic rings. The molecule has 76 valence electrons. The molecule has 4 nitrogen and oxygen atoms in total. The summed E-state index contributed by atoms with van der Waals surface area (Å²) in [7, 11) is 0. The number of nitrogens with one attached hydrogen (secondary N) is 1. The Morgan fingerprint density at radius 1 is 1.27 bits per heavy atom. The molecule has 1 aromatic rings. The van der Waals surface area contributed by atoms with Crippen LogP contribution in [0.2, 0.25) is 0 Å². The highest BCUT2D eigenvalue weighted by atomic mass is 16.4. The Bertz CT molecular complexity index is 414. The molecule has 1 amide bonds. The van der Waals surface area contributed by atoms with E-state index in [1.807, 2.05) is 5.92 Å². The number of benzene rings is 1. The van der Waals surface area contributed by atoms with Gasteiger partial charge in [0.1, 0.15) is 0 Å². The quantitative estimate of drug-likeness (QED) is 0.688. The molecule has 0 unspecified atom stereocenters. The van der Waals surface area contributed by atoms with E-state index in [4.69, 9.17) is 5.11 Å². The van der Waals surface area contributed by atoms with Crippen LogP contribution in [0, 0.1) is 11.8 Å². The van der Waals surface area contributed by atoms with Crippen LogP contribution in [0.1, 0.15) is 10.4 Å². The molecule has 0 radical (unpaired) electrons. The van der Waals surface area contributed by atoms with Gasteiger partial charge in [-0.05, 0) is 12.1 Å². The van der Waals surface area contributed by atoms with Crippen molar-refractivity contribution in [3.05, 3.63) is 35.9 Å². The monoisotopic (exact) mass is 203 g/mol. The predicted molar refractivity (Wildman–Crippen MR) is 54.2 cm³/mol. The Morgan fingerprint density at radius 3 is 2.53 bits per heavy atom. The minimum atomic E-state index is -1.20. The lowest BCUT2D eigenvalue weighted by atomic mass is 10.2. The van der Waals surface area contributed by atoms with Crippen LogP contribution in [0.5, 0.6) is 0 Å². The molecule has 0 atom stereocenters. The second-order valence-electron chi connectivity index (χ2n) is 2.66. The number of carbonyl (C=O) groups is 2. The maximum atomic E-state index is 11.4. The summed E-state index contributed by atoms with van der Waals surface area (Å²) < 4.78 is 0. The van der Waals surface area contributed by atoms with E-state index in [0.717, 1.165) is 0 Å². The van der Waals surface area contributed by atoms with Crippen LogP contribution < -0.4 is 5.32 Å². The second-order valence-corrected chi connectivity index (χ2v) is 2.66. The van der Waals surface area contributed by atoms with Gasteiger partial charge >= 0.3 is 5.97 Å². The van der Waals surface area contributed by atoms with Crippen LogP contribution in [0.15, 0.2) is 30.3 Å². The fourth-order valence-electron chi connectivity index (χ4n) is 0.936. The summed E-state index contributed by atoms with van der Waals surface area (Å²) in [6.45, 7) is 0.0278. The second kappa shape index (κ2) is 5.45. The van der Waals surface area contributed by atoms with E-state index >= 15 is 0 Å². The van der Waals surface area contributed by atoms with Crippen molar-refractivity contribution in [2.24, 2.45) is 0 Å². The van der Waals surface area contributed by atoms with Gasteiger partial charge in [0, 0.05) is 11.5 Å². The van der Waals surface area contributed by atoms with Crippen molar-refractivity contribution in [3.8, 4) is 11.8 Å². The van der Waals surface area contributed by atoms with Crippen LogP contribution >= 0.6 is 0 Å². The Kier molecular flexibility index (Phi) is 3.92. The molecule has 1 aromatic carbocycles. The van der Waals surface area contributed by atoms with Gasteiger partial charge in [-0.3, -0.25) is 4.79 Å². The number of carbonyl (C=O) groups excluding carboxylic acids is 1. The summed E-state index contributed by atoms with van der Waals surface area (Å²) in [5.41, 5.74) is 0.523. The van der Waals surface area contributed by atoms with E-state index in [2.05, 4.69) is 11.2 Å². The zero-order valence-corrected chi connectivity index (χ0v) is 7.86. The van der Waals surface area contributed by atoms with E-state index in [0.29, 0.717) is 5.56 Å². The minimum absolute atomic E-state index is 0.0278. The van der Waals surface area contributed by atoms with Gasteiger partial charge in [0.05, 0.1) is 6.54 Å². The summed E-state index contributed by atoms with van der Waals surface area (Å²) in [5.74, 6) is 2.74. The number of carboxylic acids is 1. The number of rotatable bonds is 2. The molecule has 0 saturated carbocycles. The van der Waals surface area contributed by atoms with E-state index < -0.39 is 5.97 Å². The number of carboxylic acid groups (broad SMARTS) is 1. The lowest BCUT2D eigenvalue weighted by molar-refractivity contribution is -0.130. The predicted octanol–water partition coefficient (Wildman–Crippen LogP) is 0.504. The van der Waals surface area contributed by atoms with Crippen molar-refractivity contribution in [1.82, 2.24) is 5.32 Å². The van der Waals surface area contributed by atoms with Gasteiger partial charge in [0.25, 0.3) is 5.91 Å². The largest absolute Gasteiger partial charge is 0.472 e. The molecular weight excluding hydrogens is 194 g/mol. The van der Waals surface area contributed by atoms with Gasteiger partial charge in [-0.25, -0.2) is 4.79 Å². The Hall–Kier alpha value is -2.28. The van der Waals surface area contributed by atoms with Crippen molar-refractivity contribution in [2.45, 2.75) is 0 Å². The first-order chi connectivity index (χ1) is 7.20. The molecule has 0 aliphatic carbocycles. The molecule has 1 rings (SSSR count). The molecule has 0 aromatic heterocycles. The Morgan fingerprint density at radius 2 is 1.93 bits per heavy atom. The number of aliphatic carboxylic acids is 1. The van der Waals surface area contributed by atoms with Crippen LogP contribution in [0.3, 0.4) is 0 Å². The maximum Gasteiger partial charge on any atom is 0.381 e. The molecule has 0 spiro atoms. The number of hydrogen-bond acceptors (Lipinski definition) is 2. The molecule has 15 heavy (non-hydrogen) atoms. The average Bonchev–Trinajstić information content (AvgIpc) is 2.25. The van der Waals surface area contributed by atoms with Crippen molar-refractivity contribution < 1.29 is 14.7 Å². The molecular formula is C11H9NO3. The van der Waals surface area contributed by atoms with Crippen LogP contribution in [-0.4, -0.2) is 23.5 Å². The number of amides is 1. The topological polar surface area (TPSA) is 66.4 Å². The van der Waals surface area contributed by atoms with Gasteiger partial charge in [-0.15, -0.1) is 0 Å².